The van der Waals surface area contributed by atoms with Gasteiger partial charge in [0.2, 0.25) is 6.10 Å². The van der Waals surface area contributed by atoms with Crippen molar-refractivity contribution in [1.82, 2.24) is 0 Å². The zero-order valence-corrected chi connectivity index (χ0v) is 16.6. The Bertz CT molecular complexity index is 1170. The van der Waals surface area contributed by atoms with Crippen LogP contribution in [0.1, 0.15) is 27.6 Å². The van der Waals surface area contributed by atoms with Crippen molar-refractivity contribution in [3.63, 3.8) is 0 Å². The van der Waals surface area contributed by atoms with Crippen molar-refractivity contribution >= 4 is 34.9 Å². The highest BCUT2D eigenvalue weighted by Crippen LogP contribution is 2.28. The summed E-state index contributed by atoms with van der Waals surface area (Å²) in [5.74, 6) is -1.47. The van der Waals surface area contributed by atoms with Gasteiger partial charge < -0.3 is 10.1 Å². The molecule has 1 amide bonds. The third kappa shape index (κ3) is 5.23. The molecule has 0 bridgehead atoms. The summed E-state index contributed by atoms with van der Waals surface area (Å²) in [6.07, 6.45) is -1.32. The number of nitrogens with zero attached hydrogens (tertiary/aromatic N) is 2. The molecule has 0 aromatic heterocycles. The van der Waals surface area contributed by atoms with Gasteiger partial charge in [-0.15, -0.1) is 0 Å². The predicted octanol–water partition coefficient (Wildman–Crippen LogP) is 4.66. The Balaban J connectivity index is 1.86. The van der Waals surface area contributed by atoms with Crippen LogP contribution in [0.15, 0.2) is 72.8 Å². The van der Waals surface area contributed by atoms with Crippen LogP contribution in [-0.4, -0.2) is 16.8 Å². The van der Waals surface area contributed by atoms with E-state index in [-0.39, 0.29) is 22.0 Å². The molecule has 0 aliphatic carbocycles. The number of carbonyl (C=O) groups excluding carboxylic acids is 2. The zero-order chi connectivity index (χ0) is 22.4. The van der Waals surface area contributed by atoms with Crippen molar-refractivity contribution < 1.29 is 19.2 Å². The molecule has 0 aliphatic heterocycles. The minimum Gasteiger partial charge on any atom is -0.444 e. The molecule has 1 N–H and O–H groups in total. The summed E-state index contributed by atoms with van der Waals surface area (Å²) in [6, 6.07) is 19.8. The summed E-state index contributed by atoms with van der Waals surface area (Å²) < 4.78 is 5.44. The van der Waals surface area contributed by atoms with E-state index in [0.717, 1.165) is 6.07 Å². The molecule has 3 aromatic carbocycles. The van der Waals surface area contributed by atoms with Gasteiger partial charge in [0.05, 0.1) is 22.1 Å². The number of benzene rings is 3. The lowest BCUT2D eigenvalue weighted by molar-refractivity contribution is -0.384. The molecule has 0 aliphatic rings. The SMILES string of the molecule is N#Cc1ccc(C(=O)OC(C(=O)Nc2ccc(Cl)c([N+](=O)[O-])c2)c2ccccc2)cc1. The van der Waals surface area contributed by atoms with Gasteiger partial charge in [0, 0.05) is 17.3 Å². The number of nitrogens with one attached hydrogen (secondary N) is 1. The number of nitro benzene ring substituents is 1. The third-order valence-corrected chi connectivity index (χ3v) is 4.55. The molecule has 3 rings (SSSR count). The van der Waals surface area contributed by atoms with Crippen molar-refractivity contribution in [3.05, 3.63) is 105 Å². The van der Waals surface area contributed by atoms with Crippen molar-refractivity contribution in [3.8, 4) is 6.07 Å². The summed E-state index contributed by atoms with van der Waals surface area (Å²) in [5.41, 5.74) is 0.695. The van der Waals surface area contributed by atoms with Crippen LogP contribution in [0.3, 0.4) is 0 Å². The summed E-state index contributed by atoms with van der Waals surface area (Å²) >= 11 is 5.80. The van der Waals surface area contributed by atoms with E-state index >= 15 is 0 Å². The molecule has 0 fully saturated rings. The highest BCUT2D eigenvalue weighted by molar-refractivity contribution is 6.32. The fourth-order valence-electron chi connectivity index (χ4n) is 2.69. The van der Waals surface area contributed by atoms with Gasteiger partial charge >= 0.3 is 5.97 Å². The van der Waals surface area contributed by atoms with Gasteiger partial charge in [-0.25, -0.2) is 4.79 Å². The number of nitriles is 1. The molecule has 154 valence electrons. The standard InChI is InChI=1S/C22H14ClN3O5/c23-18-11-10-17(12-19(18)26(29)30)25-21(27)20(15-4-2-1-3-5-15)31-22(28)16-8-6-14(13-24)7-9-16/h1-12,20H,(H,25,27). The molecule has 31 heavy (non-hydrogen) atoms. The molecule has 1 atom stereocenters. The molecule has 8 nitrogen and oxygen atoms in total. The normalized spacial score (nSPS) is 11.1. The maximum Gasteiger partial charge on any atom is 0.339 e. The second-order valence-electron chi connectivity index (χ2n) is 6.30. The Morgan fingerprint density at radius 1 is 1.06 bits per heavy atom. The van der Waals surface area contributed by atoms with E-state index in [1.807, 2.05) is 6.07 Å². The van der Waals surface area contributed by atoms with Crippen molar-refractivity contribution in [2.24, 2.45) is 0 Å². The van der Waals surface area contributed by atoms with Crippen LogP contribution in [0.5, 0.6) is 0 Å². The van der Waals surface area contributed by atoms with Crippen LogP contribution in [0.4, 0.5) is 11.4 Å². The number of hydrogen-bond acceptors (Lipinski definition) is 6. The van der Waals surface area contributed by atoms with E-state index < -0.39 is 22.9 Å². The number of anilines is 1. The van der Waals surface area contributed by atoms with Crippen LogP contribution in [0.25, 0.3) is 0 Å². The summed E-state index contributed by atoms with van der Waals surface area (Å²) in [5, 5.41) is 22.4. The second-order valence-corrected chi connectivity index (χ2v) is 6.70. The van der Waals surface area contributed by atoms with E-state index in [1.54, 1.807) is 30.3 Å². The first-order valence-corrected chi connectivity index (χ1v) is 9.27. The highest BCUT2D eigenvalue weighted by atomic mass is 35.5. The first-order valence-electron chi connectivity index (χ1n) is 8.90. The Kier molecular flexibility index (Phi) is 6.60. The fourth-order valence-corrected chi connectivity index (χ4v) is 2.88. The molecule has 0 saturated heterocycles. The summed E-state index contributed by atoms with van der Waals surface area (Å²) in [6.45, 7) is 0. The number of rotatable bonds is 6. The van der Waals surface area contributed by atoms with E-state index in [0.29, 0.717) is 11.1 Å². The van der Waals surface area contributed by atoms with Gasteiger partial charge in [-0.1, -0.05) is 41.9 Å². The molecule has 3 aromatic rings. The predicted molar refractivity (Wildman–Crippen MR) is 112 cm³/mol. The lowest BCUT2D eigenvalue weighted by Crippen LogP contribution is -2.26. The van der Waals surface area contributed by atoms with Gasteiger partial charge in [-0.05, 0) is 36.4 Å². The number of nitro groups is 1. The molecule has 9 heteroatoms. The lowest BCUT2D eigenvalue weighted by atomic mass is 10.1. The van der Waals surface area contributed by atoms with Crippen LogP contribution < -0.4 is 5.32 Å². The van der Waals surface area contributed by atoms with Crippen LogP contribution in [0, 0.1) is 21.4 Å². The monoisotopic (exact) mass is 435 g/mol. The number of esters is 1. The molecule has 0 heterocycles. The Labute approximate surface area is 181 Å². The Hall–Kier alpha value is -4.22. The van der Waals surface area contributed by atoms with E-state index in [9.17, 15) is 19.7 Å². The first-order chi connectivity index (χ1) is 14.9. The first kappa shape index (κ1) is 21.5. The number of ether oxygens (including phenoxy) is 1. The number of carbonyl (C=O) groups is 2. The lowest BCUT2D eigenvalue weighted by Gasteiger charge is -2.18. The van der Waals surface area contributed by atoms with E-state index in [4.69, 9.17) is 21.6 Å². The average molecular weight is 436 g/mol. The van der Waals surface area contributed by atoms with Crippen molar-refractivity contribution in [2.45, 2.75) is 6.10 Å². The maximum atomic E-state index is 12.9. The molecule has 0 radical (unpaired) electrons. The summed E-state index contributed by atoms with van der Waals surface area (Å²) in [4.78, 5) is 35.9. The van der Waals surface area contributed by atoms with Crippen LogP contribution >= 0.6 is 11.6 Å². The molecule has 0 saturated carbocycles. The van der Waals surface area contributed by atoms with Crippen LogP contribution in [0.2, 0.25) is 5.02 Å². The molecule has 0 spiro atoms. The number of hydrogen-bond donors (Lipinski definition) is 1. The third-order valence-electron chi connectivity index (χ3n) is 4.23. The maximum absolute atomic E-state index is 12.9. The smallest absolute Gasteiger partial charge is 0.339 e. The highest BCUT2D eigenvalue weighted by Gasteiger charge is 2.26. The largest absolute Gasteiger partial charge is 0.444 e. The quantitative estimate of drug-likeness (QED) is 0.341. The topological polar surface area (TPSA) is 122 Å². The number of amides is 1. The molecule has 1 unspecified atom stereocenters. The van der Waals surface area contributed by atoms with Crippen molar-refractivity contribution in [2.75, 3.05) is 5.32 Å². The average Bonchev–Trinajstić information content (AvgIpc) is 2.79. The zero-order valence-electron chi connectivity index (χ0n) is 15.8. The van der Waals surface area contributed by atoms with Gasteiger partial charge in [0.15, 0.2) is 0 Å². The Morgan fingerprint density at radius 3 is 2.35 bits per heavy atom. The van der Waals surface area contributed by atoms with Crippen molar-refractivity contribution in [1.29, 1.82) is 5.26 Å². The van der Waals surface area contributed by atoms with E-state index in [2.05, 4.69) is 5.32 Å². The van der Waals surface area contributed by atoms with E-state index in [1.165, 1.54) is 36.4 Å². The van der Waals surface area contributed by atoms with Gasteiger partial charge in [-0.2, -0.15) is 5.26 Å². The minimum absolute atomic E-state index is 0.0742. The molecular weight excluding hydrogens is 422 g/mol. The van der Waals surface area contributed by atoms with Crippen LogP contribution in [-0.2, 0) is 9.53 Å². The van der Waals surface area contributed by atoms with Gasteiger partial charge in [-0.3, -0.25) is 14.9 Å². The minimum atomic E-state index is -1.32. The summed E-state index contributed by atoms with van der Waals surface area (Å²) in [7, 11) is 0. The Morgan fingerprint density at radius 2 is 1.74 bits per heavy atom. The second kappa shape index (κ2) is 9.52. The van der Waals surface area contributed by atoms with Gasteiger partial charge in [0.1, 0.15) is 5.02 Å². The fraction of sp³-hybridized carbons (Fsp3) is 0.0455. The number of halogens is 1. The molecular formula is C22H14ClN3O5. The van der Waals surface area contributed by atoms with Gasteiger partial charge in [0.25, 0.3) is 11.6 Å².